The summed E-state index contributed by atoms with van der Waals surface area (Å²) in [6.07, 6.45) is 3.25. The Kier molecular flexibility index (Phi) is 6.15. The molecule has 0 aliphatic carbocycles. The van der Waals surface area contributed by atoms with Gasteiger partial charge >= 0.3 is 0 Å². The zero-order valence-electron chi connectivity index (χ0n) is 16.3. The molecule has 140 valence electrons. The Morgan fingerprint density at radius 1 is 1.15 bits per heavy atom. The van der Waals surface area contributed by atoms with E-state index in [2.05, 4.69) is 65.9 Å². The third kappa shape index (κ3) is 4.36. The lowest BCUT2D eigenvalue weighted by molar-refractivity contribution is 0.0911. The van der Waals surface area contributed by atoms with Crippen molar-refractivity contribution in [1.29, 1.82) is 0 Å². The molecule has 1 aromatic carbocycles. The topological polar surface area (TPSA) is 37.3 Å². The van der Waals surface area contributed by atoms with Crippen LogP contribution in [0.1, 0.15) is 47.9 Å². The molecule has 4 nitrogen and oxygen atoms in total. The molecule has 0 unspecified atom stereocenters. The molecule has 2 heterocycles. The number of rotatable bonds is 7. The number of ketones is 1. The molecule has 1 fully saturated rings. The number of hydrogen-bond donors (Lipinski definition) is 1. The number of aromatic nitrogens is 1. The standard InChI is InChI=1S/C22H31N3O/c1-4-12-25-17(2)15-21(18(25)3)22(26)16-24-13-10-20(11-14-24)23-19-8-6-5-7-9-19/h5-9,15,20,23H,4,10-14,16H2,1-3H3. The molecule has 2 aromatic rings. The summed E-state index contributed by atoms with van der Waals surface area (Å²) in [5.41, 5.74) is 4.40. The first-order valence-electron chi connectivity index (χ1n) is 9.82. The second kappa shape index (κ2) is 8.54. The predicted molar refractivity (Wildman–Crippen MR) is 108 cm³/mol. The van der Waals surface area contributed by atoms with Gasteiger partial charge in [0.25, 0.3) is 0 Å². The van der Waals surface area contributed by atoms with Crippen molar-refractivity contribution in [2.75, 3.05) is 25.0 Å². The SMILES string of the molecule is CCCn1c(C)cc(C(=O)CN2CCC(Nc3ccccc3)CC2)c1C. The fourth-order valence-electron chi connectivity index (χ4n) is 3.94. The number of nitrogens with zero attached hydrogens (tertiary/aromatic N) is 2. The molecule has 1 N–H and O–H groups in total. The zero-order valence-corrected chi connectivity index (χ0v) is 16.3. The van der Waals surface area contributed by atoms with Gasteiger partial charge in [0.2, 0.25) is 0 Å². The van der Waals surface area contributed by atoms with Crippen LogP contribution in [0, 0.1) is 13.8 Å². The Morgan fingerprint density at radius 2 is 1.85 bits per heavy atom. The van der Waals surface area contributed by atoms with Gasteiger partial charge in [-0.1, -0.05) is 25.1 Å². The minimum absolute atomic E-state index is 0.259. The molecule has 1 aliphatic rings. The summed E-state index contributed by atoms with van der Waals surface area (Å²) in [5.74, 6) is 0.259. The van der Waals surface area contributed by atoms with Crippen LogP contribution in [-0.4, -0.2) is 40.9 Å². The molecule has 3 rings (SSSR count). The first kappa shape index (κ1) is 18.7. The number of carbonyl (C=O) groups is 1. The van der Waals surface area contributed by atoms with E-state index in [0.717, 1.165) is 50.2 Å². The van der Waals surface area contributed by atoms with Gasteiger partial charge in [0.05, 0.1) is 6.54 Å². The summed E-state index contributed by atoms with van der Waals surface area (Å²) < 4.78 is 2.27. The summed E-state index contributed by atoms with van der Waals surface area (Å²) >= 11 is 0. The quantitative estimate of drug-likeness (QED) is 0.755. The molecule has 1 saturated heterocycles. The molecule has 4 heteroatoms. The predicted octanol–water partition coefficient (Wildman–Crippen LogP) is 4.27. The van der Waals surface area contributed by atoms with Gasteiger partial charge in [-0.05, 0) is 51.3 Å². The summed E-state index contributed by atoms with van der Waals surface area (Å²) in [6, 6.07) is 13.0. The van der Waals surface area contributed by atoms with Crippen LogP contribution in [-0.2, 0) is 6.54 Å². The van der Waals surface area contributed by atoms with Crippen molar-refractivity contribution in [3.8, 4) is 0 Å². The van der Waals surface area contributed by atoms with Gasteiger partial charge in [-0.25, -0.2) is 0 Å². The van der Waals surface area contributed by atoms with Crippen molar-refractivity contribution in [2.24, 2.45) is 0 Å². The van der Waals surface area contributed by atoms with Crippen molar-refractivity contribution in [3.05, 3.63) is 53.3 Å². The van der Waals surface area contributed by atoms with Gasteiger partial charge in [0, 0.05) is 48.3 Å². The highest BCUT2D eigenvalue weighted by molar-refractivity contribution is 5.99. The van der Waals surface area contributed by atoms with Crippen LogP contribution in [0.5, 0.6) is 0 Å². The molecule has 1 aliphatic heterocycles. The largest absolute Gasteiger partial charge is 0.382 e. The van der Waals surface area contributed by atoms with E-state index < -0.39 is 0 Å². The average Bonchev–Trinajstić information content (AvgIpc) is 2.93. The molecule has 0 radical (unpaired) electrons. The third-order valence-corrected chi connectivity index (χ3v) is 5.42. The number of piperidine rings is 1. The zero-order chi connectivity index (χ0) is 18.5. The van der Waals surface area contributed by atoms with Crippen LogP contribution in [0.15, 0.2) is 36.4 Å². The molecule has 0 atom stereocenters. The molecule has 0 saturated carbocycles. The maximum Gasteiger partial charge on any atom is 0.178 e. The van der Waals surface area contributed by atoms with Gasteiger partial charge in [-0.15, -0.1) is 0 Å². The van der Waals surface area contributed by atoms with E-state index in [1.807, 2.05) is 6.07 Å². The minimum Gasteiger partial charge on any atom is -0.382 e. The summed E-state index contributed by atoms with van der Waals surface area (Å²) in [6.45, 7) is 9.82. The van der Waals surface area contributed by atoms with E-state index in [0.29, 0.717) is 12.6 Å². The Labute approximate surface area is 157 Å². The molecule has 26 heavy (non-hydrogen) atoms. The van der Waals surface area contributed by atoms with Crippen molar-refractivity contribution in [1.82, 2.24) is 9.47 Å². The normalized spacial score (nSPS) is 16.0. The molecule has 0 amide bonds. The Bertz CT molecular complexity index is 727. The number of para-hydroxylation sites is 1. The van der Waals surface area contributed by atoms with Gasteiger partial charge < -0.3 is 9.88 Å². The summed E-state index contributed by atoms with van der Waals surface area (Å²) in [4.78, 5) is 15.1. The molecule has 0 bridgehead atoms. The monoisotopic (exact) mass is 353 g/mol. The number of nitrogens with one attached hydrogen (secondary N) is 1. The van der Waals surface area contributed by atoms with Crippen LogP contribution >= 0.6 is 0 Å². The molecule has 1 aromatic heterocycles. The van der Waals surface area contributed by atoms with E-state index in [-0.39, 0.29) is 5.78 Å². The van der Waals surface area contributed by atoms with Gasteiger partial charge in [0.1, 0.15) is 0 Å². The van der Waals surface area contributed by atoms with E-state index in [4.69, 9.17) is 0 Å². The van der Waals surface area contributed by atoms with Crippen LogP contribution in [0.3, 0.4) is 0 Å². The van der Waals surface area contributed by atoms with Crippen LogP contribution in [0.4, 0.5) is 5.69 Å². The Balaban J connectivity index is 1.53. The highest BCUT2D eigenvalue weighted by atomic mass is 16.1. The first-order chi connectivity index (χ1) is 12.6. The smallest absolute Gasteiger partial charge is 0.178 e. The second-order valence-corrected chi connectivity index (χ2v) is 7.42. The van der Waals surface area contributed by atoms with Crippen LogP contribution in [0.25, 0.3) is 0 Å². The fourth-order valence-corrected chi connectivity index (χ4v) is 3.94. The number of Topliss-reactive ketones (excluding diaryl/α,β-unsaturated/α-hetero) is 1. The molecular formula is C22H31N3O. The van der Waals surface area contributed by atoms with Crippen LogP contribution in [0.2, 0.25) is 0 Å². The van der Waals surface area contributed by atoms with Gasteiger partial charge in [-0.3, -0.25) is 9.69 Å². The van der Waals surface area contributed by atoms with Gasteiger partial charge in [-0.2, -0.15) is 0 Å². The number of hydrogen-bond acceptors (Lipinski definition) is 3. The lowest BCUT2D eigenvalue weighted by Crippen LogP contribution is -2.41. The number of anilines is 1. The highest BCUT2D eigenvalue weighted by Gasteiger charge is 2.23. The third-order valence-electron chi connectivity index (χ3n) is 5.42. The minimum atomic E-state index is 0.259. The summed E-state index contributed by atoms with van der Waals surface area (Å²) in [7, 11) is 0. The first-order valence-corrected chi connectivity index (χ1v) is 9.82. The van der Waals surface area contributed by atoms with E-state index in [1.54, 1.807) is 0 Å². The maximum atomic E-state index is 12.8. The van der Waals surface area contributed by atoms with E-state index >= 15 is 0 Å². The second-order valence-electron chi connectivity index (χ2n) is 7.42. The number of likely N-dealkylation sites (tertiary alicyclic amines) is 1. The molecule has 0 spiro atoms. The van der Waals surface area contributed by atoms with Crippen molar-refractivity contribution >= 4 is 11.5 Å². The fraction of sp³-hybridized carbons (Fsp3) is 0.500. The lowest BCUT2D eigenvalue weighted by atomic mass is 10.0. The maximum absolute atomic E-state index is 12.8. The van der Waals surface area contributed by atoms with Crippen LogP contribution < -0.4 is 5.32 Å². The molecular weight excluding hydrogens is 322 g/mol. The van der Waals surface area contributed by atoms with Crippen molar-refractivity contribution in [2.45, 2.75) is 52.6 Å². The highest BCUT2D eigenvalue weighted by Crippen LogP contribution is 2.19. The number of carbonyl (C=O) groups excluding carboxylic acids is 1. The Hall–Kier alpha value is -2.07. The lowest BCUT2D eigenvalue weighted by Gasteiger charge is -2.32. The Morgan fingerprint density at radius 3 is 2.50 bits per heavy atom. The van der Waals surface area contributed by atoms with Crippen molar-refractivity contribution in [3.63, 3.8) is 0 Å². The number of aryl methyl sites for hydroxylation is 1. The van der Waals surface area contributed by atoms with Gasteiger partial charge in [0.15, 0.2) is 5.78 Å². The summed E-state index contributed by atoms with van der Waals surface area (Å²) in [5, 5.41) is 3.61. The van der Waals surface area contributed by atoms with E-state index in [1.165, 1.54) is 11.4 Å². The van der Waals surface area contributed by atoms with Crippen molar-refractivity contribution < 1.29 is 4.79 Å². The number of benzene rings is 1. The van der Waals surface area contributed by atoms with E-state index in [9.17, 15) is 4.79 Å². The average molecular weight is 354 g/mol.